The Morgan fingerprint density at radius 1 is 1.30 bits per heavy atom. The van der Waals surface area contributed by atoms with Gasteiger partial charge >= 0.3 is 0 Å². The highest BCUT2D eigenvalue weighted by molar-refractivity contribution is 5.27. The molecule has 1 rings (SSSR count). The van der Waals surface area contributed by atoms with Gasteiger partial charge in [-0.3, -0.25) is 0 Å². The zero-order valence-corrected chi connectivity index (χ0v) is 6.00. The predicted octanol–water partition coefficient (Wildman–Crippen LogP) is 1.95. The van der Waals surface area contributed by atoms with Crippen LogP contribution >= 0.6 is 0 Å². The second kappa shape index (κ2) is 3.25. The van der Waals surface area contributed by atoms with E-state index in [9.17, 15) is 0 Å². The smallest absolute Gasteiger partial charge is 0.118 e. The molecule has 10 heavy (non-hydrogen) atoms. The third-order valence-corrected chi connectivity index (χ3v) is 1.39. The van der Waals surface area contributed by atoms with Crippen molar-refractivity contribution < 1.29 is 4.74 Å². The zero-order valence-electron chi connectivity index (χ0n) is 6.00. The number of hydrogen-bond acceptors (Lipinski definition) is 1. The van der Waals surface area contributed by atoms with E-state index in [0.717, 1.165) is 11.3 Å². The second-order valence-electron chi connectivity index (χ2n) is 2.05. The molecule has 0 amide bonds. The van der Waals surface area contributed by atoms with E-state index in [4.69, 9.17) is 11.7 Å². The first kappa shape index (κ1) is 7.13. The number of methoxy groups -OCH3 is 1. The molecule has 1 heteroatoms. The molecule has 0 fully saturated rings. The van der Waals surface area contributed by atoms with Gasteiger partial charge in [0.2, 0.25) is 0 Å². The molecule has 0 N–H and O–H groups in total. The molecule has 0 unspecified atom stereocenters. The van der Waals surface area contributed by atoms with Gasteiger partial charge < -0.3 is 4.74 Å². The van der Waals surface area contributed by atoms with Gasteiger partial charge in [-0.2, -0.15) is 0 Å². The minimum atomic E-state index is 0.587. The van der Waals surface area contributed by atoms with Crippen molar-refractivity contribution in [2.45, 2.75) is 6.42 Å². The van der Waals surface area contributed by atoms with Crippen LogP contribution < -0.4 is 4.74 Å². The SMILES string of the molecule is [CH]Cc1ccc(OC)cc1. The van der Waals surface area contributed by atoms with Crippen molar-refractivity contribution in [1.82, 2.24) is 0 Å². The van der Waals surface area contributed by atoms with E-state index >= 15 is 0 Å². The van der Waals surface area contributed by atoms with Crippen LogP contribution in [0.3, 0.4) is 0 Å². The van der Waals surface area contributed by atoms with Crippen LogP contribution in [0.1, 0.15) is 5.56 Å². The van der Waals surface area contributed by atoms with Gasteiger partial charge in [0.1, 0.15) is 5.75 Å². The number of ether oxygens (including phenoxy) is 1. The Kier molecular flexibility index (Phi) is 2.32. The average Bonchev–Trinajstić information content (AvgIpc) is 2.05. The maximum absolute atomic E-state index is 5.40. The van der Waals surface area contributed by atoms with Crippen LogP contribution in [0.5, 0.6) is 5.75 Å². The Bertz CT molecular complexity index is 165. The summed E-state index contributed by atoms with van der Waals surface area (Å²) in [5.74, 6) is 0.872. The Hall–Kier alpha value is -0.980. The van der Waals surface area contributed by atoms with Gasteiger partial charge in [-0.15, -0.1) is 0 Å². The minimum Gasteiger partial charge on any atom is -0.497 e. The first-order valence-electron chi connectivity index (χ1n) is 3.20. The summed E-state index contributed by atoms with van der Waals surface area (Å²) in [5, 5.41) is 0. The maximum Gasteiger partial charge on any atom is 0.118 e. The summed E-state index contributed by atoms with van der Waals surface area (Å²) in [6.45, 7) is 5.40. The lowest BCUT2D eigenvalue weighted by Gasteiger charge is -1.99. The summed E-state index contributed by atoms with van der Waals surface area (Å²) in [6.07, 6.45) is 0.587. The summed E-state index contributed by atoms with van der Waals surface area (Å²) >= 11 is 0. The van der Waals surface area contributed by atoms with E-state index < -0.39 is 0 Å². The molecule has 0 bridgehead atoms. The van der Waals surface area contributed by atoms with Crippen LogP contribution in [-0.4, -0.2) is 7.11 Å². The Morgan fingerprint density at radius 3 is 2.30 bits per heavy atom. The predicted molar refractivity (Wildman–Crippen MR) is 41.0 cm³/mol. The lowest BCUT2D eigenvalue weighted by molar-refractivity contribution is 0.414. The van der Waals surface area contributed by atoms with Gasteiger partial charge in [-0.05, 0) is 31.0 Å². The maximum atomic E-state index is 5.40. The first-order chi connectivity index (χ1) is 4.86. The molecule has 0 saturated heterocycles. The number of benzene rings is 1. The summed E-state index contributed by atoms with van der Waals surface area (Å²) in [5.41, 5.74) is 1.13. The van der Waals surface area contributed by atoms with Crippen LogP contribution in [0.15, 0.2) is 24.3 Å². The third kappa shape index (κ3) is 1.50. The fourth-order valence-electron chi connectivity index (χ4n) is 0.762. The minimum absolute atomic E-state index is 0.587. The van der Waals surface area contributed by atoms with Crippen molar-refractivity contribution in [2.24, 2.45) is 0 Å². The number of hydrogen-bond donors (Lipinski definition) is 0. The summed E-state index contributed by atoms with van der Waals surface area (Å²) in [7, 11) is 1.65. The fourth-order valence-corrected chi connectivity index (χ4v) is 0.762. The lowest BCUT2D eigenvalue weighted by atomic mass is 10.2. The summed E-state index contributed by atoms with van der Waals surface area (Å²) in [6, 6.07) is 7.72. The first-order valence-corrected chi connectivity index (χ1v) is 3.20. The van der Waals surface area contributed by atoms with Crippen molar-refractivity contribution in [3.05, 3.63) is 36.8 Å². The molecule has 1 aromatic carbocycles. The Labute approximate surface area is 61.6 Å². The van der Waals surface area contributed by atoms with Gasteiger partial charge in [0.05, 0.1) is 7.11 Å². The van der Waals surface area contributed by atoms with Crippen LogP contribution in [0.4, 0.5) is 0 Å². The van der Waals surface area contributed by atoms with Crippen molar-refractivity contribution in [3.8, 4) is 5.75 Å². The van der Waals surface area contributed by atoms with Gasteiger partial charge in [0.15, 0.2) is 0 Å². The van der Waals surface area contributed by atoms with Crippen LogP contribution in [0, 0.1) is 6.92 Å². The average molecular weight is 134 g/mol. The highest BCUT2D eigenvalue weighted by Gasteiger charge is 1.89. The molecule has 1 aromatic rings. The van der Waals surface area contributed by atoms with Crippen molar-refractivity contribution in [2.75, 3.05) is 7.11 Å². The molecule has 0 aromatic heterocycles. The van der Waals surface area contributed by atoms with Gasteiger partial charge in [-0.25, -0.2) is 0 Å². The van der Waals surface area contributed by atoms with E-state index in [1.807, 2.05) is 24.3 Å². The highest BCUT2D eigenvalue weighted by Crippen LogP contribution is 2.10. The lowest BCUT2D eigenvalue weighted by Crippen LogP contribution is -1.83. The third-order valence-electron chi connectivity index (χ3n) is 1.39. The van der Waals surface area contributed by atoms with E-state index in [0.29, 0.717) is 6.42 Å². The summed E-state index contributed by atoms with van der Waals surface area (Å²) < 4.78 is 4.97. The van der Waals surface area contributed by atoms with Crippen LogP contribution in [0.2, 0.25) is 0 Å². The molecule has 0 spiro atoms. The van der Waals surface area contributed by atoms with Gasteiger partial charge in [-0.1, -0.05) is 12.1 Å². The molecule has 0 aliphatic rings. The van der Waals surface area contributed by atoms with Crippen LogP contribution in [-0.2, 0) is 6.42 Å². The standard InChI is InChI=1S/C9H10O/c1-3-8-4-6-9(10-2)7-5-8/h1,4-7H,3H2,2H3. The molecular weight excluding hydrogens is 124 g/mol. The molecule has 2 radical (unpaired) electrons. The quantitative estimate of drug-likeness (QED) is 0.600. The molecule has 1 nitrogen and oxygen atoms in total. The van der Waals surface area contributed by atoms with Gasteiger partial charge in [0, 0.05) is 0 Å². The molecule has 0 aliphatic carbocycles. The van der Waals surface area contributed by atoms with Gasteiger partial charge in [0.25, 0.3) is 0 Å². The molecule has 0 aliphatic heterocycles. The van der Waals surface area contributed by atoms with Crippen LogP contribution in [0.25, 0.3) is 0 Å². The molecular formula is C9H10O. The molecule has 0 saturated carbocycles. The van der Waals surface area contributed by atoms with E-state index in [2.05, 4.69) is 0 Å². The van der Waals surface area contributed by atoms with Crippen molar-refractivity contribution >= 4 is 0 Å². The molecule has 0 atom stereocenters. The van der Waals surface area contributed by atoms with E-state index in [-0.39, 0.29) is 0 Å². The van der Waals surface area contributed by atoms with E-state index in [1.165, 1.54) is 0 Å². The Morgan fingerprint density at radius 2 is 1.90 bits per heavy atom. The van der Waals surface area contributed by atoms with Crippen molar-refractivity contribution in [1.29, 1.82) is 0 Å². The highest BCUT2D eigenvalue weighted by atomic mass is 16.5. The molecule has 0 heterocycles. The summed E-state index contributed by atoms with van der Waals surface area (Å²) in [4.78, 5) is 0. The normalized spacial score (nSPS) is 9.40. The molecule has 52 valence electrons. The zero-order chi connectivity index (χ0) is 7.40. The number of rotatable bonds is 2. The largest absolute Gasteiger partial charge is 0.497 e. The monoisotopic (exact) mass is 134 g/mol. The topological polar surface area (TPSA) is 9.23 Å². The van der Waals surface area contributed by atoms with E-state index in [1.54, 1.807) is 7.11 Å². The van der Waals surface area contributed by atoms with Crippen molar-refractivity contribution in [3.63, 3.8) is 0 Å². The second-order valence-corrected chi connectivity index (χ2v) is 2.05. The fraction of sp³-hybridized carbons (Fsp3) is 0.222. The Balaban J connectivity index is 2.80.